The lowest BCUT2D eigenvalue weighted by atomic mass is 10.3. The number of nitrogens with zero attached hydrogens (tertiary/aromatic N) is 2. The third kappa shape index (κ3) is 3.56. The van der Waals surface area contributed by atoms with Crippen LogP contribution in [-0.4, -0.2) is 10.2 Å². The Hall–Kier alpha value is -0.840. The van der Waals surface area contributed by atoms with Crippen molar-refractivity contribution in [1.29, 1.82) is 0 Å². The molecular weight excluding hydrogens is 327 g/mol. The van der Waals surface area contributed by atoms with Crippen LogP contribution in [-0.2, 0) is 6.61 Å². The smallest absolute Gasteiger partial charge is 0.151 e. The van der Waals surface area contributed by atoms with Gasteiger partial charge in [-0.3, -0.25) is 0 Å². The van der Waals surface area contributed by atoms with Crippen LogP contribution in [0.25, 0.3) is 0 Å². The first-order valence-electron chi connectivity index (χ1n) is 4.71. The summed E-state index contributed by atoms with van der Waals surface area (Å²) in [6.07, 6.45) is 0. The fraction of sp³-hybridized carbons (Fsp3) is 0.0909. The first kappa shape index (κ1) is 12.6. The molecule has 0 N–H and O–H groups in total. The molecule has 3 nitrogen and oxygen atoms in total. The summed E-state index contributed by atoms with van der Waals surface area (Å²) in [5.41, 5.74) is 0.688. The molecule has 88 valence electrons. The number of hydrogen-bond acceptors (Lipinski definition) is 3. The molecule has 0 aliphatic heterocycles. The van der Waals surface area contributed by atoms with E-state index < -0.39 is 0 Å². The van der Waals surface area contributed by atoms with Crippen LogP contribution < -0.4 is 4.74 Å². The van der Waals surface area contributed by atoms with E-state index in [-0.39, 0.29) is 0 Å². The average molecular weight is 334 g/mol. The number of hydrogen-bond donors (Lipinski definition) is 0. The molecule has 6 heteroatoms. The summed E-state index contributed by atoms with van der Waals surface area (Å²) in [6, 6.07) is 8.83. The maximum Gasteiger partial charge on any atom is 0.151 e. The van der Waals surface area contributed by atoms with Crippen LogP contribution in [0, 0.1) is 0 Å². The molecular formula is C11H7BrCl2N2O. The van der Waals surface area contributed by atoms with Crippen molar-refractivity contribution >= 4 is 39.1 Å². The molecule has 0 unspecified atom stereocenters. The molecule has 0 amide bonds. The van der Waals surface area contributed by atoms with Crippen molar-refractivity contribution in [2.75, 3.05) is 0 Å². The van der Waals surface area contributed by atoms with Crippen LogP contribution >= 0.6 is 39.1 Å². The van der Waals surface area contributed by atoms with E-state index in [9.17, 15) is 0 Å². The Labute approximate surface area is 117 Å². The summed E-state index contributed by atoms with van der Waals surface area (Å²) < 4.78 is 6.42. The van der Waals surface area contributed by atoms with Crippen LogP contribution in [0.2, 0.25) is 10.2 Å². The topological polar surface area (TPSA) is 35.0 Å². The molecule has 17 heavy (non-hydrogen) atoms. The van der Waals surface area contributed by atoms with Crippen molar-refractivity contribution in [3.05, 3.63) is 50.7 Å². The van der Waals surface area contributed by atoms with E-state index in [4.69, 9.17) is 27.9 Å². The fourth-order valence-electron chi connectivity index (χ4n) is 1.16. The lowest BCUT2D eigenvalue weighted by Crippen LogP contribution is -1.99. The van der Waals surface area contributed by atoms with E-state index in [1.807, 2.05) is 6.07 Å². The second kappa shape index (κ2) is 5.67. The first-order valence-corrected chi connectivity index (χ1v) is 6.26. The fourth-order valence-corrected chi connectivity index (χ4v) is 1.99. The molecule has 0 aliphatic rings. The van der Waals surface area contributed by atoms with E-state index in [0.29, 0.717) is 28.2 Å². The molecule has 1 heterocycles. The number of halogens is 3. The summed E-state index contributed by atoms with van der Waals surface area (Å²) in [4.78, 5) is 0. The minimum Gasteiger partial charge on any atom is -0.486 e. The second-order valence-corrected chi connectivity index (χ2v) is 4.92. The van der Waals surface area contributed by atoms with Crippen LogP contribution in [0.15, 0.2) is 34.8 Å². The molecule has 2 aromatic rings. The summed E-state index contributed by atoms with van der Waals surface area (Å²) in [5, 5.41) is 8.50. The average Bonchev–Trinajstić information content (AvgIpc) is 2.30. The predicted molar refractivity (Wildman–Crippen MR) is 70.5 cm³/mol. The van der Waals surface area contributed by atoms with Gasteiger partial charge in [0.05, 0.1) is 5.02 Å². The van der Waals surface area contributed by atoms with Crippen LogP contribution in [0.3, 0.4) is 0 Å². The molecule has 0 bridgehead atoms. The van der Waals surface area contributed by atoms with Gasteiger partial charge in [-0.2, -0.15) is 5.10 Å². The van der Waals surface area contributed by atoms with Crippen molar-refractivity contribution in [3.8, 4) is 5.75 Å². The van der Waals surface area contributed by atoms with Crippen molar-refractivity contribution in [3.63, 3.8) is 0 Å². The highest BCUT2D eigenvalue weighted by molar-refractivity contribution is 9.10. The van der Waals surface area contributed by atoms with E-state index in [0.717, 1.165) is 4.47 Å². The van der Waals surface area contributed by atoms with E-state index in [2.05, 4.69) is 26.1 Å². The van der Waals surface area contributed by atoms with Gasteiger partial charge in [0.1, 0.15) is 18.1 Å². The number of benzene rings is 1. The van der Waals surface area contributed by atoms with Crippen LogP contribution in [0.5, 0.6) is 5.75 Å². The molecule has 0 saturated carbocycles. The van der Waals surface area contributed by atoms with Gasteiger partial charge in [0, 0.05) is 4.47 Å². The largest absolute Gasteiger partial charge is 0.486 e. The van der Waals surface area contributed by atoms with Crippen molar-refractivity contribution in [1.82, 2.24) is 10.2 Å². The van der Waals surface area contributed by atoms with Gasteiger partial charge in [0.25, 0.3) is 0 Å². The maximum atomic E-state index is 6.01. The maximum absolute atomic E-state index is 6.01. The second-order valence-electron chi connectivity index (χ2n) is 3.21. The van der Waals surface area contributed by atoms with Gasteiger partial charge in [-0.15, -0.1) is 5.10 Å². The highest BCUT2D eigenvalue weighted by Gasteiger charge is 2.03. The van der Waals surface area contributed by atoms with Gasteiger partial charge in [0.2, 0.25) is 0 Å². The molecule has 0 spiro atoms. The first-order chi connectivity index (χ1) is 8.15. The van der Waals surface area contributed by atoms with E-state index >= 15 is 0 Å². The van der Waals surface area contributed by atoms with Gasteiger partial charge in [-0.05, 0) is 30.3 Å². The Morgan fingerprint density at radius 2 is 1.94 bits per heavy atom. The number of rotatable bonds is 3. The zero-order valence-electron chi connectivity index (χ0n) is 8.53. The number of ether oxygens (including phenoxy) is 1. The molecule has 1 aromatic carbocycles. The lowest BCUT2D eigenvalue weighted by Gasteiger charge is -2.07. The highest BCUT2D eigenvalue weighted by Crippen LogP contribution is 2.28. The van der Waals surface area contributed by atoms with Crippen molar-refractivity contribution in [2.24, 2.45) is 0 Å². The third-order valence-electron chi connectivity index (χ3n) is 1.96. The minimum absolute atomic E-state index is 0.297. The van der Waals surface area contributed by atoms with Gasteiger partial charge < -0.3 is 4.74 Å². The Kier molecular flexibility index (Phi) is 4.20. The number of aromatic nitrogens is 2. The minimum atomic E-state index is 0.297. The third-order valence-corrected chi connectivity index (χ3v) is 2.95. The Morgan fingerprint density at radius 1 is 1.12 bits per heavy atom. The van der Waals surface area contributed by atoms with Gasteiger partial charge in [-0.1, -0.05) is 39.1 Å². The van der Waals surface area contributed by atoms with Gasteiger partial charge in [0.15, 0.2) is 5.15 Å². The summed E-state index contributed by atoms with van der Waals surface area (Å²) >= 11 is 15.0. The Bertz CT molecular complexity index is 519. The van der Waals surface area contributed by atoms with E-state index in [1.54, 1.807) is 24.3 Å². The Morgan fingerprint density at radius 3 is 2.59 bits per heavy atom. The summed E-state index contributed by atoms with van der Waals surface area (Å²) in [7, 11) is 0. The van der Waals surface area contributed by atoms with Crippen molar-refractivity contribution < 1.29 is 4.74 Å². The molecule has 0 saturated heterocycles. The summed E-state index contributed by atoms with van der Waals surface area (Å²) in [6.45, 7) is 0.297. The normalized spacial score (nSPS) is 10.3. The molecule has 0 aliphatic carbocycles. The quantitative estimate of drug-likeness (QED) is 0.847. The molecule has 1 aromatic heterocycles. The standard InChI is InChI=1S/C11H7BrCl2N2O/c12-7-1-3-10(9(13)5-7)17-6-8-2-4-11(14)16-15-8/h1-5H,6H2. The zero-order chi connectivity index (χ0) is 12.3. The monoisotopic (exact) mass is 332 g/mol. The van der Waals surface area contributed by atoms with Crippen LogP contribution in [0.1, 0.15) is 5.69 Å². The highest BCUT2D eigenvalue weighted by atomic mass is 79.9. The van der Waals surface area contributed by atoms with Gasteiger partial charge in [-0.25, -0.2) is 0 Å². The molecule has 0 atom stereocenters. The van der Waals surface area contributed by atoms with Gasteiger partial charge >= 0.3 is 0 Å². The SMILES string of the molecule is Clc1ccc(COc2ccc(Br)cc2Cl)nn1. The predicted octanol–water partition coefficient (Wildman–Crippen LogP) is 4.12. The molecule has 2 rings (SSSR count). The van der Waals surface area contributed by atoms with Crippen LogP contribution in [0.4, 0.5) is 0 Å². The lowest BCUT2D eigenvalue weighted by molar-refractivity contribution is 0.300. The van der Waals surface area contributed by atoms with E-state index in [1.165, 1.54) is 0 Å². The van der Waals surface area contributed by atoms with Crippen molar-refractivity contribution in [2.45, 2.75) is 6.61 Å². The molecule has 0 radical (unpaired) electrons. The zero-order valence-corrected chi connectivity index (χ0v) is 11.6. The summed E-state index contributed by atoms with van der Waals surface area (Å²) in [5.74, 6) is 0.603. The Balaban J connectivity index is 2.04. The molecule has 0 fully saturated rings.